The van der Waals surface area contributed by atoms with E-state index in [4.69, 9.17) is 37.0 Å². The second-order valence-corrected chi connectivity index (χ2v) is 33.4. The lowest BCUT2D eigenvalue weighted by molar-refractivity contribution is -0.161. The van der Waals surface area contributed by atoms with Crippen molar-refractivity contribution in [3.8, 4) is 0 Å². The minimum Gasteiger partial charge on any atom is -0.462 e. The van der Waals surface area contributed by atoms with Gasteiger partial charge < -0.3 is 33.8 Å². The Morgan fingerprint density at radius 3 is 0.673 bits per heavy atom. The van der Waals surface area contributed by atoms with Gasteiger partial charge in [0.05, 0.1) is 26.4 Å². The molecule has 2 unspecified atom stereocenters. The first-order valence-electron chi connectivity index (χ1n) is 42.5. The zero-order valence-corrected chi connectivity index (χ0v) is 68.0. The minimum atomic E-state index is -4.96. The van der Waals surface area contributed by atoms with Crippen LogP contribution in [0.3, 0.4) is 0 Å². The summed E-state index contributed by atoms with van der Waals surface area (Å²) in [5, 5.41) is 10.6. The SMILES string of the molecule is CCCCCCCCCCCCCCCCCCCCCCCCC(=O)O[C@H](COC(=O)CCCCCCCCCCCCCCCCCCC)COP(=O)(O)OC[C@@H](O)COP(=O)(O)OC[C@@H](COC(=O)CCCCCCCCCC(C)C)OC(=O)CCCCCCCCCCCC(C)C. The number of phosphoric acid groups is 2. The Hall–Kier alpha value is -1.94. The second-order valence-electron chi connectivity index (χ2n) is 30.5. The number of aliphatic hydroxyl groups is 1. The zero-order chi connectivity index (χ0) is 74.2. The van der Waals surface area contributed by atoms with Crippen molar-refractivity contribution in [1.82, 2.24) is 0 Å². The molecule has 0 aromatic heterocycles. The maximum absolute atomic E-state index is 13.1. The molecule has 0 aliphatic heterocycles. The Labute approximate surface area is 619 Å². The molecule has 3 N–H and O–H groups in total. The number of ether oxygens (including phenoxy) is 4. The van der Waals surface area contributed by atoms with Gasteiger partial charge in [-0.05, 0) is 37.5 Å². The maximum atomic E-state index is 13.1. The van der Waals surface area contributed by atoms with Gasteiger partial charge in [-0.15, -0.1) is 0 Å². The molecule has 0 aliphatic rings. The highest BCUT2D eigenvalue weighted by molar-refractivity contribution is 7.47. The van der Waals surface area contributed by atoms with Crippen LogP contribution in [0, 0.1) is 11.8 Å². The van der Waals surface area contributed by atoms with Gasteiger partial charge in [-0.3, -0.25) is 37.3 Å². The Kier molecular flexibility index (Phi) is 72.2. The van der Waals surface area contributed by atoms with Crippen LogP contribution < -0.4 is 0 Å². The smallest absolute Gasteiger partial charge is 0.462 e. The molecule has 101 heavy (non-hydrogen) atoms. The number of phosphoric ester groups is 2. The fourth-order valence-electron chi connectivity index (χ4n) is 12.7. The van der Waals surface area contributed by atoms with Crippen molar-refractivity contribution in [2.75, 3.05) is 39.6 Å². The number of unbranched alkanes of at least 4 members (excludes halogenated alkanes) is 51. The topological polar surface area (TPSA) is 237 Å². The van der Waals surface area contributed by atoms with E-state index in [0.717, 1.165) is 102 Å². The molecule has 0 aliphatic carbocycles. The molecule has 0 rings (SSSR count). The molecule has 0 heterocycles. The number of hydrogen-bond donors (Lipinski definition) is 3. The number of hydrogen-bond acceptors (Lipinski definition) is 15. The van der Waals surface area contributed by atoms with Gasteiger partial charge in [-0.2, -0.15) is 0 Å². The summed E-state index contributed by atoms with van der Waals surface area (Å²) in [7, 11) is -9.92. The van der Waals surface area contributed by atoms with Crippen LogP contribution in [0.2, 0.25) is 0 Å². The molecule has 0 radical (unpaired) electrons. The largest absolute Gasteiger partial charge is 0.472 e. The highest BCUT2D eigenvalue weighted by atomic mass is 31.2. The summed E-state index contributed by atoms with van der Waals surface area (Å²) in [6.07, 6.45) is 64.1. The van der Waals surface area contributed by atoms with E-state index in [-0.39, 0.29) is 25.7 Å². The number of esters is 4. The highest BCUT2D eigenvalue weighted by Crippen LogP contribution is 2.45. The zero-order valence-electron chi connectivity index (χ0n) is 66.2. The lowest BCUT2D eigenvalue weighted by Gasteiger charge is -2.21. The van der Waals surface area contributed by atoms with Crippen LogP contribution in [-0.2, 0) is 65.4 Å². The average molecular weight is 1480 g/mol. The fourth-order valence-corrected chi connectivity index (χ4v) is 14.3. The first-order valence-corrected chi connectivity index (χ1v) is 45.5. The van der Waals surface area contributed by atoms with Crippen molar-refractivity contribution in [3.05, 3.63) is 0 Å². The summed E-state index contributed by atoms with van der Waals surface area (Å²) >= 11 is 0. The van der Waals surface area contributed by atoms with Gasteiger partial charge >= 0.3 is 39.5 Å². The number of rotatable bonds is 81. The van der Waals surface area contributed by atoms with E-state index in [9.17, 15) is 43.2 Å². The predicted molar refractivity (Wildman–Crippen MR) is 414 cm³/mol. The van der Waals surface area contributed by atoms with Gasteiger partial charge in [0.15, 0.2) is 12.2 Å². The Morgan fingerprint density at radius 2 is 0.455 bits per heavy atom. The van der Waals surface area contributed by atoms with Gasteiger partial charge in [-0.1, -0.05) is 382 Å². The van der Waals surface area contributed by atoms with Crippen LogP contribution in [0.15, 0.2) is 0 Å². The van der Waals surface area contributed by atoms with Gasteiger partial charge in [0.25, 0.3) is 0 Å². The van der Waals surface area contributed by atoms with Crippen LogP contribution >= 0.6 is 15.6 Å². The average Bonchev–Trinajstić information content (AvgIpc) is 0.942. The molecular formula is C82H160O17P2. The molecule has 5 atom stereocenters. The molecule has 0 saturated carbocycles. The second kappa shape index (κ2) is 73.6. The van der Waals surface area contributed by atoms with Crippen LogP contribution in [0.1, 0.15) is 433 Å². The van der Waals surface area contributed by atoms with Crippen LogP contribution in [-0.4, -0.2) is 96.7 Å². The highest BCUT2D eigenvalue weighted by Gasteiger charge is 2.30. The lowest BCUT2D eigenvalue weighted by atomic mass is 10.0. The third-order valence-electron chi connectivity index (χ3n) is 19.2. The van der Waals surface area contributed by atoms with E-state index in [1.165, 1.54) is 244 Å². The molecule has 0 fully saturated rings. The fraction of sp³-hybridized carbons (Fsp3) is 0.951. The van der Waals surface area contributed by atoms with Gasteiger partial charge in [0, 0.05) is 25.7 Å². The quantitative estimate of drug-likeness (QED) is 0.0222. The van der Waals surface area contributed by atoms with E-state index in [2.05, 4.69) is 41.5 Å². The molecule has 0 bridgehead atoms. The lowest BCUT2D eigenvalue weighted by Crippen LogP contribution is -2.30. The summed E-state index contributed by atoms with van der Waals surface area (Å²) in [5.41, 5.74) is 0. The normalized spacial score (nSPS) is 13.9. The van der Waals surface area contributed by atoms with E-state index < -0.39 is 97.5 Å². The van der Waals surface area contributed by atoms with Crippen LogP contribution in [0.25, 0.3) is 0 Å². The van der Waals surface area contributed by atoms with Crippen molar-refractivity contribution >= 4 is 39.5 Å². The first kappa shape index (κ1) is 99.1. The molecule has 0 spiro atoms. The van der Waals surface area contributed by atoms with E-state index >= 15 is 0 Å². The Bertz CT molecular complexity index is 1940. The minimum absolute atomic E-state index is 0.105. The van der Waals surface area contributed by atoms with E-state index in [1.54, 1.807) is 0 Å². The van der Waals surface area contributed by atoms with Gasteiger partial charge in [0.1, 0.15) is 19.3 Å². The Morgan fingerprint density at radius 1 is 0.267 bits per heavy atom. The Balaban J connectivity index is 5.20. The number of carbonyl (C=O) groups is 4. The molecule has 0 aromatic rings. The standard InChI is InChI=1S/C82H160O17P2/c1-7-9-11-13-15-17-19-21-23-25-26-27-28-29-31-33-35-37-41-47-54-60-66-81(86)98-77(70-92-79(84)64-58-52-46-40-36-34-32-30-24-22-20-18-16-14-12-10-8-2)72-96-100(88,89)94-68-76(83)69-95-101(90,91)97-73-78(71-93-80(85)65-59-53-49-43-45-51-57-63-75(5)6)99-82(87)67-61-55-48-42-38-39-44-50-56-62-74(3)4/h74-78,83H,7-73H2,1-6H3,(H,88,89)(H,90,91)/t76-,77-,78-/m1/s1. The predicted octanol–water partition coefficient (Wildman–Crippen LogP) is 24.7. The summed E-state index contributed by atoms with van der Waals surface area (Å²) in [4.78, 5) is 73.0. The van der Waals surface area contributed by atoms with Gasteiger partial charge in [0.2, 0.25) is 0 Å². The third kappa shape index (κ3) is 76.1. The molecular weight excluding hydrogens is 1320 g/mol. The van der Waals surface area contributed by atoms with Crippen molar-refractivity contribution in [3.63, 3.8) is 0 Å². The molecule has 0 aromatic carbocycles. The number of aliphatic hydroxyl groups excluding tert-OH is 1. The van der Waals surface area contributed by atoms with Crippen LogP contribution in [0.4, 0.5) is 0 Å². The summed E-state index contributed by atoms with van der Waals surface area (Å²) in [6, 6.07) is 0. The summed E-state index contributed by atoms with van der Waals surface area (Å²) in [5.74, 6) is -0.670. The van der Waals surface area contributed by atoms with Crippen LogP contribution in [0.5, 0.6) is 0 Å². The van der Waals surface area contributed by atoms with E-state index in [0.29, 0.717) is 31.6 Å². The molecule has 17 nitrogen and oxygen atoms in total. The third-order valence-corrected chi connectivity index (χ3v) is 21.1. The van der Waals surface area contributed by atoms with E-state index in [1.807, 2.05) is 0 Å². The molecule has 19 heteroatoms. The van der Waals surface area contributed by atoms with Crippen molar-refractivity contribution < 1.29 is 80.2 Å². The molecule has 600 valence electrons. The van der Waals surface area contributed by atoms with Crippen molar-refractivity contribution in [2.24, 2.45) is 11.8 Å². The van der Waals surface area contributed by atoms with Gasteiger partial charge in [-0.25, -0.2) is 9.13 Å². The first-order chi connectivity index (χ1) is 48.9. The van der Waals surface area contributed by atoms with Crippen molar-refractivity contribution in [2.45, 2.75) is 452 Å². The summed E-state index contributed by atoms with van der Waals surface area (Å²) < 4.78 is 68.7. The monoisotopic (exact) mass is 1480 g/mol. The molecule has 0 saturated heterocycles. The maximum Gasteiger partial charge on any atom is 0.472 e. The molecule has 0 amide bonds. The number of carbonyl (C=O) groups excluding carboxylic acids is 4. The summed E-state index contributed by atoms with van der Waals surface area (Å²) in [6.45, 7) is 9.55. The van der Waals surface area contributed by atoms with Crippen molar-refractivity contribution in [1.29, 1.82) is 0 Å².